The maximum Gasteiger partial charge on any atom is 0.159 e. The Hall–Kier alpha value is -4.00. The number of aromatic nitrogens is 4. The van der Waals surface area contributed by atoms with Crippen molar-refractivity contribution < 1.29 is 0 Å². The van der Waals surface area contributed by atoms with Crippen molar-refractivity contribution in [1.29, 1.82) is 0 Å². The monoisotopic (exact) mass is 561 g/mol. The number of H-pyrrole nitrogens is 2. The molecule has 0 bridgehead atoms. The normalized spacial score (nSPS) is 16.1. The second-order valence-electron chi connectivity index (χ2n) is 10.6. The molecule has 0 aliphatic carbocycles. The number of thiophene rings is 1. The van der Waals surface area contributed by atoms with Gasteiger partial charge < -0.3 is 4.98 Å². The van der Waals surface area contributed by atoms with Gasteiger partial charge in [0.2, 0.25) is 0 Å². The van der Waals surface area contributed by atoms with Gasteiger partial charge >= 0.3 is 0 Å². The van der Waals surface area contributed by atoms with Crippen molar-refractivity contribution in [2.45, 2.75) is 40.0 Å². The first-order valence-electron chi connectivity index (χ1n) is 14.3. The number of likely N-dealkylation sites (tertiary alicyclic amines) is 1. The number of imidazole rings is 1. The molecule has 1 saturated heterocycles. The Balaban J connectivity index is 1.51. The second-order valence-corrected chi connectivity index (χ2v) is 11.7. The van der Waals surface area contributed by atoms with Gasteiger partial charge in [0.1, 0.15) is 5.69 Å². The molecule has 2 N–H and O–H groups in total. The maximum absolute atomic E-state index is 5.06. The number of nitrogens with one attached hydrogen (secondary N) is 2. The van der Waals surface area contributed by atoms with E-state index in [4.69, 9.17) is 4.98 Å². The first-order chi connectivity index (χ1) is 19.9. The molecule has 5 rings (SSSR count). The molecule has 41 heavy (non-hydrogen) atoms. The topological polar surface area (TPSA) is 60.6 Å². The number of nitrogens with zero attached hydrogens (tertiary/aromatic N) is 3. The maximum atomic E-state index is 5.06. The van der Waals surface area contributed by atoms with Crippen molar-refractivity contribution in [2.75, 3.05) is 19.6 Å². The third kappa shape index (κ3) is 6.19. The van der Waals surface area contributed by atoms with Crippen LogP contribution in [0.4, 0.5) is 0 Å². The molecule has 0 unspecified atom stereocenters. The Morgan fingerprint density at radius 3 is 2.59 bits per heavy atom. The van der Waals surface area contributed by atoms with Crippen LogP contribution in [0.5, 0.6) is 0 Å². The number of rotatable bonds is 9. The van der Waals surface area contributed by atoms with Gasteiger partial charge in [0, 0.05) is 27.1 Å². The lowest BCUT2D eigenvalue weighted by atomic mass is 10.0. The number of hydrogen-bond acceptors (Lipinski definition) is 4. The summed E-state index contributed by atoms with van der Waals surface area (Å²) in [6.45, 7) is 22.0. The van der Waals surface area contributed by atoms with Crippen LogP contribution in [0.1, 0.15) is 44.9 Å². The number of fused-ring (bicyclic) bond motifs is 1. The summed E-state index contributed by atoms with van der Waals surface area (Å²) in [6.07, 6.45) is 14.3. The summed E-state index contributed by atoms with van der Waals surface area (Å²) >= 11 is 1.74. The van der Waals surface area contributed by atoms with E-state index in [1.807, 2.05) is 26.0 Å². The molecule has 1 fully saturated rings. The standard InChI is InChI=1S/C35H39N5S/c1-7-25(22-40-18-11-10-12-19-40)21-26(8-2)24(6)20-28-29(9-3)38-39-34(28)35-36-30-15-13-14-27(33(30)37-35)32-17-16-31(41-32)23(4)5/h7-9,13-17,20-21,38H,1,4,6,10-12,18-19,22H2,2-3,5H3,(H,36,37)/b25-21+,26-8+,28-20+,29-9+. The lowest BCUT2D eigenvalue weighted by Gasteiger charge is -2.26. The van der Waals surface area contributed by atoms with E-state index < -0.39 is 0 Å². The number of aromatic amines is 2. The first kappa shape index (κ1) is 28.5. The van der Waals surface area contributed by atoms with Crippen molar-refractivity contribution in [2.24, 2.45) is 0 Å². The molecule has 3 aromatic heterocycles. The third-order valence-electron chi connectivity index (χ3n) is 7.61. The summed E-state index contributed by atoms with van der Waals surface area (Å²) in [5, 5.41) is 9.77. The lowest BCUT2D eigenvalue weighted by Crippen LogP contribution is -2.31. The van der Waals surface area contributed by atoms with Gasteiger partial charge in [-0.25, -0.2) is 4.98 Å². The highest BCUT2D eigenvalue weighted by molar-refractivity contribution is 7.16. The van der Waals surface area contributed by atoms with E-state index in [1.165, 1.54) is 34.6 Å². The highest BCUT2D eigenvalue weighted by Crippen LogP contribution is 2.35. The highest BCUT2D eigenvalue weighted by atomic mass is 32.1. The molecule has 4 heterocycles. The number of benzene rings is 1. The van der Waals surface area contributed by atoms with Gasteiger partial charge in [-0.05, 0) is 93.3 Å². The second kappa shape index (κ2) is 12.7. The summed E-state index contributed by atoms with van der Waals surface area (Å²) in [7, 11) is 0. The van der Waals surface area contributed by atoms with Crippen molar-refractivity contribution in [3.8, 4) is 22.0 Å². The van der Waals surface area contributed by atoms with Gasteiger partial charge in [-0.3, -0.25) is 10.00 Å². The van der Waals surface area contributed by atoms with E-state index in [1.54, 1.807) is 11.3 Å². The summed E-state index contributed by atoms with van der Waals surface area (Å²) < 4.78 is 0. The summed E-state index contributed by atoms with van der Waals surface area (Å²) in [5.74, 6) is 0.724. The molecule has 1 aromatic carbocycles. The van der Waals surface area contributed by atoms with Gasteiger partial charge in [-0.2, -0.15) is 5.10 Å². The first-order valence-corrected chi connectivity index (χ1v) is 15.1. The Kier molecular flexibility index (Phi) is 8.81. The summed E-state index contributed by atoms with van der Waals surface area (Å²) in [4.78, 5) is 13.4. The van der Waals surface area contributed by atoms with E-state index in [0.717, 1.165) is 75.0 Å². The van der Waals surface area contributed by atoms with Gasteiger partial charge in [0.25, 0.3) is 0 Å². The summed E-state index contributed by atoms with van der Waals surface area (Å²) in [6, 6.07) is 10.5. The average Bonchev–Trinajstić information content (AvgIpc) is 3.73. The van der Waals surface area contributed by atoms with Crippen LogP contribution in [0.3, 0.4) is 0 Å². The van der Waals surface area contributed by atoms with Crippen molar-refractivity contribution in [3.05, 3.63) is 100 Å². The van der Waals surface area contributed by atoms with E-state index in [9.17, 15) is 0 Å². The fourth-order valence-corrected chi connectivity index (χ4v) is 6.29. The van der Waals surface area contributed by atoms with Crippen LogP contribution >= 0.6 is 11.3 Å². The van der Waals surface area contributed by atoms with Crippen LogP contribution in [0.15, 0.2) is 85.0 Å². The predicted molar refractivity (Wildman–Crippen MR) is 177 cm³/mol. The van der Waals surface area contributed by atoms with Crippen LogP contribution in [0, 0.1) is 0 Å². The fourth-order valence-electron chi connectivity index (χ4n) is 5.33. The number of allylic oxidation sites excluding steroid dienone is 5. The minimum absolute atomic E-state index is 0.724. The van der Waals surface area contributed by atoms with Gasteiger partial charge in [0.15, 0.2) is 5.82 Å². The van der Waals surface area contributed by atoms with Crippen LogP contribution in [0.25, 0.3) is 50.7 Å². The van der Waals surface area contributed by atoms with Gasteiger partial charge in [-0.15, -0.1) is 11.3 Å². The molecule has 6 heteroatoms. The Bertz CT molecular complexity index is 1780. The summed E-state index contributed by atoms with van der Waals surface area (Å²) in [5.41, 5.74) is 8.04. The lowest BCUT2D eigenvalue weighted by molar-refractivity contribution is 0.248. The number of para-hydroxylation sites is 1. The van der Waals surface area contributed by atoms with E-state index in [-0.39, 0.29) is 0 Å². The van der Waals surface area contributed by atoms with Crippen molar-refractivity contribution in [1.82, 2.24) is 25.1 Å². The van der Waals surface area contributed by atoms with Gasteiger partial charge in [0.05, 0.1) is 16.4 Å². The zero-order valence-electron chi connectivity index (χ0n) is 24.4. The Labute approximate surface area is 246 Å². The quantitative estimate of drug-likeness (QED) is 0.209. The molecule has 0 spiro atoms. The van der Waals surface area contributed by atoms with Crippen molar-refractivity contribution >= 4 is 40.1 Å². The molecule has 4 aromatic rings. The van der Waals surface area contributed by atoms with Crippen LogP contribution in [-0.2, 0) is 0 Å². The molecule has 210 valence electrons. The highest BCUT2D eigenvalue weighted by Gasteiger charge is 2.16. The third-order valence-corrected chi connectivity index (χ3v) is 8.89. The van der Waals surface area contributed by atoms with Crippen LogP contribution < -0.4 is 10.6 Å². The van der Waals surface area contributed by atoms with Gasteiger partial charge in [-0.1, -0.05) is 62.6 Å². The van der Waals surface area contributed by atoms with Crippen LogP contribution in [-0.4, -0.2) is 44.7 Å². The molecule has 1 aliphatic rings. The molecule has 1 aliphatic heterocycles. The zero-order chi connectivity index (χ0) is 28.9. The minimum atomic E-state index is 0.724. The van der Waals surface area contributed by atoms with Crippen molar-refractivity contribution in [3.63, 3.8) is 0 Å². The molecular formula is C35H39N5S. The molecule has 0 saturated carbocycles. The predicted octanol–water partition coefficient (Wildman–Crippen LogP) is 7.40. The fraction of sp³-hybridized carbons (Fsp3) is 0.257. The molecule has 5 nitrogen and oxygen atoms in total. The number of piperidine rings is 1. The molecule has 0 atom stereocenters. The largest absolute Gasteiger partial charge is 0.337 e. The molecule has 0 amide bonds. The minimum Gasteiger partial charge on any atom is -0.337 e. The molecule has 0 radical (unpaired) electrons. The van der Waals surface area contributed by atoms with E-state index in [2.05, 4.69) is 95.3 Å². The van der Waals surface area contributed by atoms with E-state index >= 15 is 0 Å². The van der Waals surface area contributed by atoms with E-state index in [0.29, 0.717) is 0 Å². The smallest absolute Gasteiger partial charge is 0.159 e. The average molecular weight is 562 g/mol. The SMILES string of the molecule is C=C/C(=C\C(=C/C)C(=C)/C=c1/c(-c2nc3c(-c4ccc(C(=C)C)s4)cccc3[nH]2)n[nH]/c1=C/C)CN1CCCCC1. The molecular weight excluding hydrogens is 522 g/mol. The Morgan fingerprint density at radius 2 is 1.90 bits per heavy atom. The number of hydrogen-bond donors (Lipinski definition) is 2. The van der Waals surface area contributed by atoms with Crippen LogP contribution in [0.2, 0.25) is 0 Å². The Morgan fingerprint density at radius 1 is 1.10 bits per heavy atom. The zero-order valence-corrected chi connectivity index (χ0v) is 25.2.